The van der Waals surface area contributed by atoms with Crippen molar-refractivity contribution in [3.63, 3.8) is 0 Å². The SMILES string of the molecule is O=C(CCCc1ccc(Br)s1)NCC#Cc1ccccc1. The third-order valence-electron chi connectivity index (χ3n) is 2.84. The van der Waals surface area contributed by atoms with Crippen molar-refractivity contribution in [1.29, 1.82) is 0 Å². The number of hydrogen-bond acceptors (Lipinski definition) is 2. The van der Waals surface area contributed by atoms with E-state index in [1.54, 1.807) is 11.3 Å². The van der Waals surface area contributed by atoms with Gasteiger partial charge in [-0.05, 0) is 53.0 Å². The molecule has 0 bridgehead atoms. The second-order valence-corrected chi connectivity index (χ2v) is 7.05. The van der Waals surface area contributed by atoms with Crippen LogP contribution in [0.1, 0.15) is 23.3 Å². The van der Waals surface area contributed by atoms with Crippen LogP contribution >= 0.6 is 27.3 Å². The molecular weight excluding hydrogens is 346 g/mol. The lowest BCUT2D eigenvalue weighted by Gasteiger charge is -2.00. The molecule has 1 heterocycles. The fourth-order valence-corrected chi connectivity index (χ4v) is 3.33. The Hall–Kier alpha value is -1.57. The molecule has 0 saturated heterocycles. The third kappa shape index (κ3) is 6.16. The molecule has 0 aliphatic carbocycles. The van der Waals surface area contributed by atoms with Gasteiger partial charge in [0.15, 0.2) is 0 Å². The predicted octanol–water partition coefficient (Wildman–Crippen LogP) is 4.00. The fourth-order valence-electron chi connectivity index (χ4n) is 1.81. The average molecular weight is 362 g/mol. The maximum atomic E-state index is 11.7. The van der Waals surface area contributed by atoms with E-state index < -0.39 is 0 Å². The molecule has 0 radical (unpaired) electrons. The Balaban J connectivity index is 1.63. The minimum absolute atomic E-state index is 0.0629. The summed E-state index contributed by atoms with van der Waals surface area (Å²) in [5.41, 5.74) is 0.968. The van der Waals surface area contributed by atoms with Crippen molar-refractivity contribution >= 4 is 33.2 Å². The highest BCUT2D eigenvalue weighted by atomic mass is 79.9. The van der Waals surface area contributed by atoms with Crippen LogP contribution in [0.3, 0.4) is 0 Å². The van der Waals surface area contributed by atoms with Crippen molar-refractivity contribution in [3.8, 4) is 11.8 Å². The first-order valence-corrected chi connectivity index (χ1v) is 8.40. The Morgan fingerprint density at radius 2 is 2.00 bits per heavy atom. The molecule has 2 nitrogen and oxygen atoms in total. The van der Waals surface area contributed by atoms with E-state index in [-0.39, 0.29) is 5.91 Å². The van der Waals surface area contributed by atoms with Crippen molar-refractivity contribution in [3.05, 3.63) is 56.7 Å². The zero-order valence-corrected chi connectivity index (χ0v) is 14.0. The molecular formula is C17H16BrNOS. The zero-order chi connectivity index (χ0) is 14.9. The van der Waals surface area contributed by atoms with Crippen LogP contribution in [0.4, 0.5) is 0 Å². The highest BCUT2D eigenvalue weighted by Gasteiger charge is 2.02. The van der Waals surface area contributed by atoms with E-state index >= 15 is 0 Å². The Bertz CT molecular complexity index is 640. The van der Waals surface area contributed by atoms with E-state index in [1.165, 1.54) is 4.88 Å². The van der Waals surface area contributed by atoms with Crippen LogP contribution in [-0.4, -0.2) is 12.5 Å². The number of nitrogens with one attached hydrogen (secondary N) is 1. The van der Waals surface area contributed by atoms with Gasteiger partial charge >= 0.3 is 0 Å². The first kappa shape index (κ1) is 15.8. The lowest BCUT2D eigenvalue weighted by molar-refractivity contribution is -0.120. The molecule has 108 valence electrons. The number of halogens is 1. The van der Waals surface area contributed by atoms with E-state index in [0.29, 0.717) is 13.0 Å². The van der Waals surface area contributed by atoms with Crippen molar-refractivity contribution in [2.75, 3.05) is 6.54 Å². The van der Waals surface area contributed by atoms with Crippen LogP contribution in [0, 0.1) is 11.8 Å². The molecule has 0 saturated carbocycles. The second-order valence-electron chi connectivity index (χ2n) is 4.50. The molecule has 21 heavy (non-hydrogen) atoms. The molecule has 1 N–H and O–H groups in total. The van der Waals surface area contributed by atoms with E-state index in [0.717, 1.165) is 22.2 Å². The number of thiophene rings is 1. The minimum Gasteiger partial charge on any atom is -0.345 e. The number of aryl methyl sites for hydroxylation is 1. The molecule has 0 aliphatic rings. The molecule has 0 spiro atoms. The minimum atomic E-state index is 0.0629. The summed E-state index contributed by atoms with van der Waals surface area (Å²) in [6, 6.07) is 13.9. The van der Waals surface area contributed by atoms with Gasteiger partial charge in [-0.25, -0.2) is 0 Å². The van der Waals surface area contributed by atoms with Crippen molar-refractivity contribution < 1.29 is 4.79 Å². The number of carbonyl (C=O) groups excluding carboxylic acids is 1. The molecule has 0 aliphatic heterocycles. The van der Waals surface area contributed by atoms with Crippen LogP contribution in [0.5, 0.6) is 0 Å². The highest BCUT2D eigenvalue weighted by Crippen LogP contribution is 2.23. The topological polar surface area (TPSA) is 29.1 Å². The second kappa shape index (κ2) is 8.66. The van der Waals surface area contributed by atoms with Crippen LogP contribution in [0.25, 0.3) is 0 Å². The van der Waals surface area contributed by atoms with Gasteiger partial charge in [0.1, 0.15) is 0 Å². The molecule has 0 atom stereocenters. The van der Waals surface area contributed by atoms with Crippen LogP contribution in [0.15, 0.2) is 46.3 Å². The Kier molecular flexibility index (Phi) is 6.52. The third-order valence-corrected chi connectivity index (χ3v) is 4.52. The number of carbonyl (C=O) groups is 1. The van der Waals surface area contributed by atoms with Gasteiger partial charge in [0.25, 0.3) is 0 Å². The molecule has 0 unspecified atom stereocenters. The van der Waals surface area contributed by atoms with E-state index in [9.17, 15) is 4.79 Å². The molecule has 1 aromatic carbocycles. The van der Waals surface area contributed by atoms with E-state index in [2.05, 4.69) is 39.2 Å². The van der Waals surface area contributed by atoms with Crippen molar-refractivity contribution in [1.82, 2.24) is 5.32 Å². The van der Waals surface area contributed by atoms with Crippen LogP contribution in [-0.2, 0) is 11.2 Å². The standard InChI is InChI=1S/C17H16BrNOS/c18-16-12-11-15(21-16)9-4-10-17(20)19-13-5-8-14-6-2-1-3-7-14/h1-3,6-7,11-12H,4,9-10,13H2,(H,19,20). The Labute approximate surface area is 137 Å². The number of amides is 1. The smallest absolute Gasteiger partial charge is 0.220 e. The van der Waals surface area contributed by atoms with Crippen molar-refractivity contribution in [2.45, 2.75) is 19.3 Å². The summed E-state index contributed by atoms with van der Waals surface area (Å²) in [7, 11) is 0. The molecule has 1 aromatic heterocycles. The van der Waals surface area contributed by atoms with Crippen LogP contribution in [0.2, 0.25) is 0 Å². The monoisotopic (exact) mass is 361 g/mol. The first-order chi connectivity index (χ1) is 10.2. The molecule has 0 fully saturated rings. The summed E-state index contributed by atoms with van der Waals surface area (Å²) < 4.78 is 1.14. The van der Waals surface area contributed by atoms with Gasteiger partial charge in [0, 0.05) is 16.9 Å². The van der Waals surface area contributed by atoms with Gasteiger partial charge < -0.3 is 5.32 Å². The first-order valence-electron chi connectivity index (χ1n) is 6.79. The summed E-state index contributed by atoms with van der Waals surface area (Å²) in [5, 5.41) is 2.83. The van der Waals surface area contributed by atoms with E-state index in [4.69, 9.17) is 0 Å². The summed E-state index contributed by atoms with van der Waals surface area (Å²) in [5.74, 6) is 6.04. The van der Waals surface area contributed by atoms with E-state index in [1.807, 2.05) is 36.4 Å². The maximum absolute atomic E-state index is 11.7. The normalized spacial score (nSPS) is 9.76. The quantitative estimate of drug-likeness (QED) is 0.801. The summed E-state index contributed by atoms with van der Waals surface area (Å²) in [4.78, 5) is 13.0. The highest BCUT2D eigenvalue weighted by molar-refractivity contribution is 9.11. The largest absolute Gasteiger partial charge is 0.345 e. The summed E-state index contributed by atoms with van der Waals surface area (Å²) >= 11 is 5.16. The van der Waals surface area contributed by atoms with Crippen LogP contribution < -0.4 is 5.32 Å². The Morgan fingerprint density at radius 1 is 1.19 bits per heavy atom. The molecule has 2 rings (SSSR count). The van der Waals surface area contributed by atoms with Crippen molar-refractivity contribution in [2.24, 2.45) is 0 Å². The Morgan fingerprint density at radius 3 is 2.71 bits per heavy atom. The zero-order valence-electron chi connectivity index (χ0n) is 11.6. The van der Waals surface area contributed by atoms with Gasteiger partial charge in [-0.15, -0.1) is 11.3 Å². The van der Waals surface area contributed by atoms with Gasteiger partial charge in [-0.3, -0.25) is 4.79 Å². The summed E-state index contributed by atoms with van der Waals surface area (Å²) in [6.07, 6.45) is 2.35. The molecule has 1 amide bonds. The summed E-state index contributed by atoms with van der Waals surface area (Å²) in [6.45, 7) is 0.401. The number of rotatable bonds is 5. The fraction of sp³-hybridized carbons (Fsp3) is 0.235. The number of benzene rings is 1. The number of hydrogen-bond donors (Lipinski definition) is 1. The lowest BCUT2D eigenvalue weighted by atomic mass is 10.2. The predicted molar refractivity (Wildman–Crippen MR) is 91.3 cm³/mol. The maximum Gasteiger partial charge on any atom is 0.220 e. The van der Waals surface area contributed by atoms with Gasteiger partial charge in [0.05, 0.1) is 10.3 Å². The molecule has 2 aromatic rings. The average Bonchev–Trinajstić information content (AvgIpc) is 2.90. The van der Waals surface area contributed by atoms with Gasteiger partial charge in [0.2, 0.25) is 5.91 Å². The van der Waals surface area contributed by atoms with Gasteiger partial charge in [-0.1, -0.05) is 30.0 Å². The lowest BCUT2D eigenvalue weighted by Crippen LogP contribution is -2.23. The molecule has 4 heteroatoms. The van der Waals surface area contributed by atoms with Gasteiger partial charge in [-0.2, -0.15) is 0 Å².